The Morgan fingerprint density at radius 3 is 2.75 bits per heavy atom. The lowest BCUT2D eigenvalue weighted by Gasteiger charge is -2.53. The van der Waals surface area contributed by atoms with Gasteiger partial charge < -0.3 is 10.2 Å². The predicted molar refractivity (Wildman–Crippen MR) is 78.9 cm³/mol. The molecule has 20 heavy (non-hydrogen) atoms. The van der Waals surface area contributed by atoms with Crippen molar-refractivity contribution in [1.82, 2.24) is 0 Å². The number of aliphatic hydroxyl groups is 2. The van der Waals surface area contributed by atoms with Crippen molar-refractivity contribution in [3.63, 3.8) is 0 Å². The van der Waals surface area contributed by atoms with Gasteiger partial charge in [-0.25, -0.2) is 0 Å². The summed E-state index contributed by atoms with van der Waals surface area (Å²) in [6.07, 6.45) is 12.8. The smallest absolute Gasteiger partial charge is 0.166 e. The average Bonchev–Trinajstić information content (AvgIpc) is 2.78. The van der Waals surface area contributed by atoms with Gasteiger partial charge >= 0.3 is 0 Å². The number of fused-ring (bicyclic) bond motifs is 5. The Kier molecular flexibility index (Phi) is 2.89. The lowest BCUT2D eigenvalue weighted by molar-refractivity contribution is -0.179. The Morgan fingerprint density at radius 2 is 1.90 bits per heavy atom. The minimum absolute atomic E-state index is 0.503. The van der Waals surface area contributed by atoms with Crippen LogP contribution in [0.25, 0.3) is 0 Å². The van der Waals surface area contributed by atoms with E-state index < -0.39 is 5.79 Å². The van der Waals surface area contributed by atoms with Crippen molar-refractivity contribution < 1.29 is 10.2 Å². The van der Waals surface area contributed by atoms with Gasteiger partial charge in [-0.3, -0.25) is 0 Å². The molecule has 0 amide bonds. The van der Waals surface area contributed by atoms with Crippen molar-refractivity contribution in [3.8, 4) is 0 Å². The van der Waals surface area contributed by atoms with Gasteiger partial charge in [-0.1, -0.05) is 25.0 Å². The Morgan fingerprint density at radius 1 is 1.05 bits per heavy atom. The van der Waals surface area contributed by atoms with Crippen LogP contribution in [0.15, 0.2) is 11.6 Å². The van der Waals surface area contributed by atoms with Crippen LogP contribution in [0.1, 0.15) is 64.7 Å². The first kappa shape index (κ1) is 13.3. The topological polar surface area (TPSA) is 40.5 Å². The third-order valence-electron chi connectivity index (χ3n) is 7.26. The van der Waals surface area contributed by atoms with E-state index in [9.17, 15) is 10.2 Å². The normalized spacial score (nSPS) is 49.9. The van der Waals surface area contributed by atoms with E-state index in [-0.39, 0.29) is 0 Å². The Hall–Kier alpha value is -0.340. The summed E-state index contributed by atoms with van der Waals surface area (Å²) in [6.45, 7) is 2.54. The largest absolute Gasteiger partial charge is 0.365 e. The van der Waals surface area contributed by atoms with Crippen molar-refractivity contribution in [3.05, 3.63) is 11.6 Å². The molecule has 0 aromatic heterocycles. The van der Waals surface area contributed by atoms with Gasteiger partial charge in [-0.2, -0.15) is 0 Å². The van der Waals surface area contributed by atoms with Crippen LogP contribution in [0.3, 0.4) is 0 Å². The van der Waals surface area contributed by atoms with Gasteiger partial charge in [0, 0.05) is 12.8 Å². The Labute approximate surface area is 122 Å². The first-order valence-electron chi connectivity index (χ1n) is 8.62. The molecular weight excluding hydrogens is 248 g/mol. The van der Waals surface area contributed by atoms with Crippen LogP contribution >= 0.6 is 0 Å². The highest BCUT2D eigenvalue weighted by atomic mass is 16.5. The minimum Gasteiger partial charge on any atom is -0.365 e. The molecule has 0 aliphatic heterocycles. The molecule has 2 N–H and O–H groups in total. The van der Waals surface area contributed by atoms with Crippen molar-refractivity contribution >= 4 is 0 Å². The summed E-state index contributed by atoms with van der Waals surface area (Å²) in [5.41, 5.74) is 1.99. The molecule has 3 saturated carbocycles. The Bertz CT molecular complexity index is 439. The fourth-order valence-corrected chi connectivity index (χ4v) is 6.27. The van der Waals surface area contributed by atoms with E-state index in [1.165, 1.54) is 44.1 Å². The zero-order chi connectivity index (χ0) is 14.0. The highest BCUT2D eigenvalue weighted by molar-refractivity contribution is 5.20. The molecule has 4 rings (SSSR count). The molecule has 5 atom stereocenters. The standard InChI is InChI=1S/C18H28O2/c1-17-8-2-3-16(17)15-5-4-12-11-18(19,20)10-7-13(12)14(15)6-9-17/h4,13-16,19-20H,2-3,5-11H2,1H3/t13-,14+,15+,16-,17-/m0/s1. The molecule has 2 heteroatoms. The maximum Gasteiger partial charge on any atom is 0.166 e. The molecule has 4 aliphatic rings. The second-order valence-corrected chi connectivity index (χ2v) is 8.34. The van der Waals surface area contributed by atoms with Gasteiger partial charge in [-0.15, -0.1) is 0 Å². The molecule has 0 unspecified atom stereocenters. The molecule has 3 fully saturated rings. The van der Waals surface area contributed by atoms with Gasteiger partial charge in [0.15, 0.2) is 5.79 Å². The lowest BCUT2D eigenvalue weighted by Crippen LogP contribution is -2.46. The van der Waals surface area contributed by atoms with E-state index in [1.54, 1.807) is 0 Å². The van der Waals surface area contributed by atoms with Gasteiger partial charge in [0.25, 0.3) is 0 Å². The third-order valence-corrected chi connectivity index (χ3v) is 7.26. The van der Waals surface area contributed by atoms with Crippen LogP contribution in [0, 0.1) is 29.1 Å². The summed E-state index contributed by atoms with van der Waals surface area (Å²) in [5.74, 6) is 1.89. The summed E-state index contributed by atoms with van der Waals surface area (Å²) >= 11 is 0. The maximum absolute atomic E-state index is 9.92. The van der Waals surface area contributed by atoms with E-state index in [0.717, 1.165) is 24.2 Å². The molecule has 2 nitrogen and oxygen atoms in total. The zero-order valence-electron chi connectivity index (χ0n) is 12.6. The van der Waals surface area contributed by atoms with E-state index in [0.29, 0.717) is 24.2 Å². The Balaban J connectivity index is 1.61. The van der Waals surface area contributed by atoms with Crippen molar-refractivity contribution in [2.75, 3.05) is 0 Å². The summed E-state index contributed by atoms with van der Waals surface area (Å²) in [6, 6.07) is 0. The van der Waals surface area contributed by atoms with E-state index in [4.69, 9.17) is 0 Å². The fraction of sp³-hybridized carbons (Fsp3) is 0.889. The van der Waals surface area contributed by atoms with Crippen molar-refractivity contribution in [2.24, 2.45) is 29.1 Å². The second-order valence-electron chi connectivity index (χ2n) is 8.34. The molecule has 0 heterocycles. The van der Waals surface area contributed by atoms with Crippen LogP contribution in [0.4, 0.5) is 0 Å². The fourth-order valence-electron chi connectivity index (χ4n) is 6.27. The van der Waals surface area contributed by atoms with Crippen LogP contribution in [-0.4, -0.2) is 16.0 Å². The molecule has 0 radical (unpaired) electrons. The van der Waals surface area contributed by atoms with Crippen LogP contribution < -0.4 is 0 Å². The molecule has 0 bridgehead atoms. The number of rotatable bonds is 0. The van der Waals surface area contributed by atoms with E-state index in [2.05, 4.69) is 13.0 Å². The second kappa shape index (κ2) is 4.33. The van der Waals surface area contributed by atoms with Crippen molar-refractivity contribution in [1.29, 1.82) is 0 Å². The van der Waals surface area contributed by atoms with E-state index in [1.807, 2.05) is 0 Å². The molecule has 4 aliphatic carbocycles. The molecule has 0 aromatic carbocycles. The number of allylic oxidation sites excluding steroid dienone is 1. The van der Waals surface area contributed by atoms with Gasteiger partial charge in [-0.05, 0) is 67.6 Å². The highest BCUT2D eigenvalue weighted by Crippen LogP contribution is 2.61. The summed E-state index contributed by atoms with van der Waals surface area (Å²) in [5, 5.41) is 19.8. The summed E-state index contributed by atoms with van der Waals surface area (Å²) < 4.78 is 0. The monoisotopic (exact) mass is 276 g/mol. The molecule has 0 spiro atoms. The molecule has 112 valence electrons. The van der Waals surface area contributed by atoms with Gasteiger partial charge in [0.2, 0.25) is 0 Å². The third kappa shape index (κ3) is 1.91. The van der Waals surface area contributed by atoms with Gasteiger partial charge in [0.05, 0.1) is 0 Å². The van der Waals surface area contributed by atoms with Crippen molar-refractivity contribution in [2.45, 2.75) is 70.5 Å². The summed E-state index contributed by atoms with van der Waals surface area (Å²) in [4.78, 5) is 0. The van der Waals surface area contributed by atoms with Crippen LogP contribution in [0.2, 0.25) is 0 Å². The average molecular weight is 276 g/mol. The first-order chi connectivity index (χ1) is 9.49. The molecule has 0 saturated heterocycles. The van der Waals surface area contributed by atoms with Crippen LogP contribution in [-0.2, 0) is 0 Å². The first-order valence-corrected chi connectivity index (χ1v) is 8.62. The zero-order valence-corrected chi connectivity index (χ0v) is 12.6. The molecule has 0 aromatic rings. The minimum atomic E-state index is -1.42. The molecular formula is C18H28O2. The number of hydrogen-bond acceptors (Lipinski definition) is 2. The van der Waals surface area contributed by atoms with E-state index >= 15 is 0 Å². The van der Waals surface area contributed by atoms with Crippen LogP contribution in [0.5, 0.6) is 0 Å². The predicted octanol–water partition coefficient (Wildman–Crippen LogP) is 3.63. The summed E-state index contributed by atoms with van der Waals surface area (Å²) in [7, 11) is 0. The highest BCUT2D eigenvalue weighted by Gasteiger charge is 2.52. The lowest BCUT2D eigenvalue weighted by atomic mass is 9.53. The van der Waals surface area contributed by atoms with Gasteiger partial charge in [0.1, 0.15) is 0 Å². The maximum atomic E-state index is 9.92. The number of hydrogen-bond donors (Lipinski definition) is 2. The SMILES string of the molecule is C[C@@]12CCC[C@H]1[C@@H]1CC=C3CC(O)(O)CC[C@@H]3[C@H]1CC2. The quantitative estimate of drug-likeness (QED) is 0.524.